The van der Waals surface area contributed by atoms with E-state index in [-0.39, 0.29) is 5.91 Å². The summed E-state index contributed by atoms with van der Waals surface area (Å²) in [6.45, 7) is 0. The highest BCUT2D eigenvalue weighted by Gasteiger charge is 2.08. The zero-order valence-electron chi connectivity index (χ0n) is 12.0. The third kappa shape index (κ3) is 4.13. The van der Waals surface area contributed by atoms with Gasteiger partial charge in [-0.05, 0) is 36.8 Å². The largest absolute Gasteiger partial charge is 0.326 e. The van der Waals surface area contributed by atoms with E-state index < -0.39 is 0 Å². The molecule has 0 atom stereocenters. The van der Waals surface area contributed by atoms with Gasteiger partial charge in [-0.15, -0.1) is 11.3 Å². The van der Waals surface area contributed by atoms with Gasteiger partial charge >= 0.3 is 0 Å². The van der Waals surface area contributed by atoms with E-state index in [4.69, 9.17) is 23.2 Å². The molecule has 0 saturated heterocycles. The lowest BCUT2D eigenvalue weighted by Gasteiger charge is -2.09. The van der Waals surface area contributed by atoms with Crippen LogP contribution < -0.4 is 5.32 Å². The van der Waals surface area contributed by atoms with Crippen LogP contribution in [0.15, 0.2) is 49.1 Å². The summed E-state index contributed by atoms with van der Waals surface area (Å²) in [6.07, 6.45) is 6.24. The summed E-state index contributed by atoms with van der Waals surface area (Å²) in [6, 6.07) is 9.18. The van der Waals surface area contributed by atoms with Gasteiger partial charge in [0.25, 0.3) is 0 Å². The number of halogens is 2. The number of benzene rings is 1. The number of thiophene rings is 1. The van der Waals surface area contributed by atoms with Crippen LogP contribution in [0, 0.1) is 0 Å². The first-order valence-corrected chi connectivity index (χ1v) is 8.51. The van der Waals surface area contributed by atoms with Crippen LogP contribution in [0.25, 0.3) is 5.69 Å². The second-order valence-corrected chi connectivity index (χ2v) is 7.10. The molecule has 118 valence electrons. The van der Waals surface area contributed by atoms with Crippen molar-refractivity contribution >= 4 is 46.1 Å². The minimum absolute atomic E-state index is 0.0547. The van der Waals surface area contributed by atoms with Crippen LogP contribution in [0.1, 0.15) is 11.3 Å². The first-order valence-electron chi connectivity index (χ1n) is 6.94. The Bertz CT molecular complexity index is 815. The monoisotopic (exact) mass is 365 g/mol. The number of aryl methyl sites for hydroxylation is 1. The number of rotatable bonds is 5. The smallest absolute Gasteiger partial charge is 0.224 e. The Balaban J connectivity index is 1.61. The fraction of sp³-hybridized carbons (Fsp3) is 0.125. The van der Waals surface area contributed by atoms with Crippen LogP contribution in [0.2, 0.25) is 9.36 Å². The van der Waals surface area contributed by atoms with Gasteiger partial charge in [-0.2, -0.15) is 0 Å². The Hall–Kier alpha value is -1.82. The van der Waals surface area contributed by atoms with Gasteiger partial charge in [0.05, 0.1) is 21.4 Å². The van der Waals surface area contributed by atoms with Crippen molar-refractivity contribution in [3.63, 3.8) is 0 Å². The Morgan fingerprint density at radius 3 is 2.78 bits per heavy atom. The number of imidazole rings is 1. The molecule has 0 radical (unpaired) electrons. The second kappa shape index (κ2) is 7.17. The molecular formula is C16H13Cl2N3OS. The molecule has 1 aromatic carbocycles. The van der Waals surface area contributed by atoms with E-state index >= 15 is 0 Å². The van der Waals surface area contributed by atoms with Crippen molar-refractivity contribution in [3.05, 3.63) is 63.3 Å². The van der Waals surface area contributed by atoms with E-state index in [2.05, 4.69) is 10.3 Å². The number of hydrogen-bond acceptors (Lipinski definition) is 3. The number of nitrogens with one attached hydrogen (secondary N) is 1. The zero-order chi connectivity index (χ0) is 16.2. The van der Waals surface area contributed by atoms with Crippen molar-refractivity contribution in [3.8, 4) is 5.69 Å². The van der Waals surface area contributed by atoms with Gasteiger partial charge < -0.3 is 9.88 Å². The first-order chi connectivity index (χ1) is 11.1. The molecule has 3 rings (SSSR count). The van der Waals surface area contributed by atoms with Crippen molar-refractivity contribution in [2.24, 2.45) is 0 Å². The summed E-state index contributed by atoms with van der Waals surface area (Å²) < 4.78 is 2.55. The number of amides is 1. The molecule has 7 heteroatoms. The average molecular weight is 366 g/mol. The Morgan fingerprint density at radius 1 is 1.26 bits per heavy atom. The molecule has 2 aromatic heterocycles. The van der Waals surface area contributed by atoms with Crippen molar-refractivity contribution in [2.45, 2.75) is 12.8 Å². The highest BCUT2D eigenvalue weighted by molar-refractivity contribution is 7.16. The Morgan fingerprint density at radius 2 is 2.13 bits per heavy atom. The van der Waals surface area contributed by atoms with Gasteiger partial charge in [0.1, 0.15) is 0 Å². The SMILES string of the molecule is O=C(CCc1ccc(Cl)s1)Nc1ccc(-n2ccnc2)c(Cl)c1. The lowest BCUT2D eigenvalue weighted by Crippen LogP contribution is -2.12. The van der Waals surface area contributed by atoms with E-state index in [1.54, 1.807) is 18.6 Å². The second-order valence-electron chi connectivity index (χ2n) is 4.89. The van der Waals surface area contributed by atoms with E-state index in [0.717, 1.165) is 14.9 Å². The summed E-state index contributed by atoms with van der Waals surface area (Å²) in [7, 11) is 0. The van der Waals surface area contributed by atoms with E-state index in [9.17, 15) is 4.79 Å². The van der Waals surface area contributed by atoms with E-state index in [1.165, 1.54) is 11.3 Å². The van der Waals surface area contributed by atoms with Crippen molar-refractivity contribution < 1.29 is 4.79 Å². The molecule has 3 aromatic rings. The summed E-state index contributed by atoms with van der Waals surface area (Å²) in [5.74, 6) is -0.0547. The van der Waals surface area contributed by atoms with Crippen LogP contribution in [0.4, 0.5) is 5.69 Å². The molecule has 0 spiro atoms. The number of nitrogens with zero attached hydrogens (tertiary/aromatic N) is 2. The molecular weight excluding hydrogens is 353 g/mol. The van der Waals surface area contributed by atoms with Gasteiger partial charge in [-0.3, -0.25) is 4.79 Å². The molecule has 0 bridgehead atoms. The molecule has 0 aliphatic carbocycles. The number of aromatic nitrogens is 2. The van der Waals surface area contributed by atoms with Gasteiger partial charge in [0, 0.05) is 29.4 Å². The molecule has 0 aliphatic heterocycles. The number of carbonyl (C=O) groups is 1. The maximum Gasteiger partial charge on any atom is 0.224 e. The highest BCUT2D eigenvalue weighted by Crippen LogP contribution is 2.25. The summed E-state index contributed by atoms with van der Waals surface area (Å²) >= 11 is 13.6. The quantitative estimate of drug-likeness (QED) is 0.704. The van der Waals surface area contributed by atoms with Crippen molar-refractivity contribution in [1.82, 2.24) is 9.55 Å². The summed E-state index contributed by atoms with van der Waals surface area (Å²) in [5.41, 5.74) is 1.49. The molecule has 0 aliphatic rings. The molecule has 4 nitrogen and oxygen atoms in total. The topological polar surface area (TPSA) is 46.9 Å². The molecule has 2 heterocycles. The van der Waals surface area contributed by atoms with Gasteiger partial charge in [-0.25, -0.2) is 4.98 Å². The summed E-state index contributed by atoms with van der Waals surface area (Å²) in [5, 5.41) is 3.40. The van der Waals surface area contributed by atoms with E-state index in [0.29, 0.717) is 23.6 Å². The Kier molecular flexibility index (Phi) is 5.00. The van der Waals surface area contributed by atoms with Gasteiger partial charge in [0.2, 0.25) is 5.91 Å². The molecule has 23 heavy (non-hydrogen) atoms. The predicted octanol–water partition coefficient (Wildman–Crippen LogP) is 4.81. The zero-order valence-corrected chi connectivity index (χ0v) is 14.3. The standard InChI is InChI=1S/C16H13Cl2N3OS/c17-13-9-11(1-4-14(13)21-8-7-19-10-21)20-16(22)6-3-12-2-5-15(18)23-12/h1-2,4-5,7-10H,3,6H2,(H,20,22). The number of carbonyl (C=O) groups excluding carboxylic acids is 1. The number of anilines is 1. The van der Waals surface area contributed by atoms with Crippen molar-refractivity contribution in [2.75, 3.05) is 5.32 Å². The molecule has 1 N–H and O–H groups in total. The summed E-state index contributed by atoms with van der Waals surface area (Å²) in [4.78, 5) is 17.1. The van der Waals surface area contributed by atoms with Crippen LogP contribution in [0.3, 0.4) is 0 Å². The van der Waals surface area contributed by atoms with Crippen molar-refractivity contribution in [1.29, 1.82) is 0 Å². The third-order valence-corrected chi connectivity index (χ3v) is 4.83. The van der Waals surface area contributed by atoms with Gasteiger partial charge in [0.15, 0.2) is 0 Å². The first kappa shape index (κ1) is 16.1. The van der Waals surface area contributed by atoms with Crippen LogP contribution in [-0.2, 0) is 11.2 Å². The fourth-order valence-electron chi connectivity index (χ4n) is 2.14. The average Bonchev–Trinajstić information content (AvgIpc) is 3.17. The maximum atomic E-state index is 12.0. The number of hydrogen-bond donors (Lipinski definition) is 1. The van der Waals surface area contributed by atoms with Crippen LogP contribution >= 0.6 is 34.5 Å². The maximum absolute atomic E-state index is 12.0. The third-order valence-electron chi connectivity index (χ3n) is 3.24. The molecule has 0 saturated carbocycles. The lowest BCUT2D eigenvalue weighted by atomic mass is 10.2. The lowest BCUT2D eigenvalue weighted by molar-refractivity contribution is -0.116. The van der Waals surface area contributed by atoms with Crippen LogP contribution in [-0.4, -0.2) is 15.5 Å². The fourth-order valence-corrected chi connectivity index (χ4v) is 3.51. The van der Waals surface area contributed by atoms with E-state index in [1.807, 2.05) is 35.0 Å². The minimum Gasteiger partial charge on any atom is -0.326 e. The van der Waals surface area contributed by atoms with Crippen LogP contribution in [0.5, 0.6) is 0 Å². The normalized spacial score (nSPS) is 10.7. The highest BCUT2D eigenvalue weighted by atomic mass is 35.5. The molecule has 0 fully saturated rings. The molecule has 1 amide bonds. The molecule has 0 unspecified atom stereocenters. The minimum atomic E-state index is -0.0547. The predicted molar refractivity (Wildman–Crippen MR) is 94.9 cm³/mol. The Labute approximate surface area is 147 Å². The van der Waals surface area contributed by atoms with Gasteiger partial charge in [-0.1, -0.05) is 23.2 Å².